The number of nitrogens with zero attached hydrogens (tertiary/aromatic N) is 3. The fourth-order valence-electron chi connectivity index (χ4n) is 2.98. The van der Waals surface area contributed by atoms with Crippen LogP contribution in [-0.2, 0) is 9.47 Å². The molecular weight excluding hydrogens is 306 g/mol. The number of methoxy groups -OCH3 is 1. The van der Waals surface area contributed by atoms with Crippen molar-refractivity contribution in [2.75, 3.05) is 59.7 Å². The van der Waals surface area contributed by atoms with Crippen LogP contribution in [0.3, 0.4) is 0 Å². The summed E-state index contributed by atoms with van der Waals surface area (Å²) >= 11 is 0. The van der Waals surface area contributed by atoms with E-state index < -0.39 is 0 Å². The lowest BCUT2D eigenvalue weighted by molar-refractivity contribution is 0.0573. The molecule has 0 atom stereocenters. The van der Waals surface area contributed by atoms with Gasteiger partial charge in [-0.15, -0.1) is 0 Å². The smallest absolute Gasteiger partial charge is 0.254 e. The van der Waals surface area contributed by atoms with Crippen LogP contribution in [0.1, 0.15) is 28.2 Å². The second kappa shape index (κ2) is 9.71. The van der Waals surface area contributed by atoms with E-state index in [4.69, 9.17) is 9.47 Å². The number of hydrogen-bond donors (Lipinski definition) is 0. The van der Waals surface area contributed by atoms with Crippen molar-refractivity contribution in [2.45, 2.75) is 20.3 Å². The summed E-state index contributed by atoms with van der Waals surface area (Å²) in [5.41, 5.74) is 2.53. The largest absolute Gasteiger partial charge is 0.382 e. The third-order valence-corrected chi connectivity index (χ3v) is 4.19. The molecule has 0 N–H and O–H groups in total. The Balaban J connectivity index is 1.82. The molecule has 1 aliphatic rings. The Hall–Kier alpha value is -1.50. The summed E-state index contributed by atoms with van der Waals surface area (Å²) < 4.78 is 10.5. The molecule has 2 rings (SSSR count). The van der Waals surface area contributed by atoms with Crippen LogP contribution in [0.25, 0.3) is 0 Å². The molecule has 24 heavy (non-hydrogen) atoms. The zero-order chi connectivity index (χ0) is 17.4. The number of carbonyl (C=O) groups excluding carboxylic acids is 1. The minimum Gasteiger partial charge on any atom is -0.382 e. The summed E-state index contributed by atoms with van der Waals surface area (Å²) in [7, 11) is 1.68. The van der Waals surface area contributed by atoms with Crippen molar-refractivity contribution in [1.82, 2.24) is 14.8 Å². The van der Waals surface area contributed by atoms with E-state index in [0.29, 0.717) is 19.8 Å². The molecule has 1 aliphatic heterocycles. The molecule has 6 nitrogen and oxygen atoms in total. The van der Waals surface area contributed by atoms with Crippen LogP contribution in [-0.4, -0.2) is 80.3 Å². The van der Waals surface area contributed by atoms with Gasteiger partial charge in [-0.3, -0.25) is 14.7 Å². The molecule has 0 aromatic carbocycles. The molecule has 0 saturated carbocycles. The van der Waals surface area contributed by atoms with E-state index in [9.17, 15) is 4.79 Å². The van der Waals surface area contributed by atoms with Gasteiger partial charge in [0.25, 0.3) is 5.91 Å². The Kier molecular flexibility index (Phi) is 7.62. The van der Waals surface area contributed by atoms with Crippen LogP contribution in [0.4, 0.5) is 0 Å². The fraction of sp³-hybridized carbons (Fsp3) is 0.667. The molecule has 1 saturated heterocycles. The second-order valence-corrected chi connectivity index (χ2v) is 6.23. The highest BCUT2D eigenvalue weighted by Crippen LogP contribution is 2.11. The Morgan fingerprint density at radius 3 is 2.54 bits per heavy atom. The molecule has 0 radical (unpaired) electrons. The maximum Gasteiger partial charge on any atom is 0.254 e. The van der Waals surface area contributed by atoms with Crippen LogP contribution in [0, 0.1) is 13.8 Å². The van der Waals surface area contributed by atoms with Gasteiger partial charge in [0.2, 0.25) is 0 Å². The predicted octanol–water partition coefficient (Wildman–Crippen LogP) is 1.51. The summed E-state index contributed by atoms with van der Waals surface area (Å²) in [4.78, 5) is 21.4. The van der Waals surface area contributed by atoms with Gasteiger partial charge in [0.1, 0.15) is 0 Å². The van der Waals surface area contributed by atoms with Gasteiger partial charge >= 0.3 is 0 Å². The van der Waals surface area contributed by atoms with E-state index in [1.165, 1.54) is 0 Å². The van der Waals surface area contributed by atoms with Crippen LogP contribution in [0.2, 0.25) is 0 Å². The summed E-state index contributed by atoms with van der Waals surface area (Å²) in [6.07, 6.45) is 0.993. The van der Waals surface area contributed by atoms with E-state index in [0.717, 1.165) is 56.1 Å². The van der Waals surface area contributed by atoms with Crippen molar-refractivity contribution in [1.29, 1.82) is 0 Å². The van der Waals surface area contributed by atoms with Gasteiger partial charge in [-0.25, -0.2) is 0 Å². The van der Waals surface area contributed by atoms with Gasteiger partial charge in [0, 0.05) is 50.2 Å². The lowest BCUT2D eigenvalue weighted by Gasteiger charge is -2.22. The topological polar surface area (TPSA) is 54.9 Å². The van der Waals surface area contributed by atoms with Crippen LogP contribution >= 0.6 is 0 Å². The quantitative estimate of drug-likeness (QED) is 0.707. The van der Waals surface area contributed by atoms with E-state index in [1.807, 2.05) is 30.9 Å². The Bertz CT molecular complexity index is 516. The third kappa shape index (κ3) is 5.85. The normalized spacial score (nSPS) is 16.2. The number of aryl methyl sites for hydroxylation is 2. The Morgan fingerprint density at radius 1 is 1.08 bits per heavy atom. The molecule has 1 amide bonds. The maximum atomic E-state index is 12.7. The predicted molar refractivity (Wildman–Crippen MR) is 93.4 cm³/mol. The summed E-state index contributed by atoms with van der Waals surface area (Å²) in [5, 5.41) is 0. The molecule has 134 valence electrons. The first kappa shape index (κ1) is 18.8. The maximum absolute atomic E-state index is 12.7. The summed E-state index contributed by atoms with van der Waals surface area (Å²) in [6.45, 7) is 10.2. The molecule has 1 aromatic heterocycles. The number of amides is 1. The first-order valence-electron chi connectivity index (χ1n) is 8.64. The SMILES string of the molecule is COCCOCCN1CCCN(C(=O)c2cc(C)nc(C)c2)CC1. The van der Waals surface area contributed by atoms with Crippen LogP contribution in [0.5, 0.6) is 0 Å². The lowest BCUT2D eigenvalue weighted by atomic mass is 10.1. The molecule has 1 aromatic rings. The molecular formula is C18H29N3O3. The van der Waals surface area contributed by atoms with E-state index >= 15 is 0 Å². The van der Waals surface area contributed by atoms with Gasteiger partial charge < -0.3 is 14.4 Å². The first-order chi connectivity index (χ1) is 11.6. The molecule has 6 heteroatoms. The van der Waals surface area contributed by atoms with Crippen molar-refractivity contribution in [3.63, 3.8) is 0 Å². The van der Waals surface area contributed by atoms with Gasteiger partial charge in [-0.1, -0.05) is 0 Å². The van der Waals surface area contributed by atoms with Crippen molar-refractivity contribution in [3.05, 3.63) is 29.1 Å². The lowest BCUT2D eigenvalue weighted by Crippen LogP contribution is -2.36. The monoisotopic (exact) mass is 335 g/mol. The number of rotatable bonds is 7. The minimum absolute atomic E-state index is 0.113. The number of aromatic nitrogens is 1. The zero-order valence-electron chi connectivity index (χ0n) is 15.1. The molecule has 0 aliphatic carbocycles. The molecule has 0 unspecified atom stereocenters. The summed E-state index contributed by atoms with van der Waals surface area (Å²) in [5.74, 6) is 0.113. The first-order valence-corrected chi connectivity index (χ1v) is 8.64. The standard InChI is InChI=1S/C18H29N3O3/c1-15-13-17(14-16(2)19-15)18(22)21-6-4-5-20(7-8-21)9-10-24-12-11-23-3/h13-14H,4-12H2,1-3H3. The highest BCUT2D eigenvalue weighted by molar-refractivity contribution is 5.94. The molecule has 2 heterocycles. The fourth-order valence-corrected chi connectivity index (χ4v) is 2.98. The molecule has 1 fully saturated rings. The van der Waals surface area contributed by atoms with Gasteiger partial charge in [-0.2, -0.15) is 0 Å². The minimum atomic E-state index is 0.113. The highest BCUT2D eigenvalue weighted by atomic mass is 16.5. The van der Waals surface area contributed by atoms with E-state index in [1.54, 1.807) is 7.11 Å². The van der Waals surface area contributed by atoms with Crippen molar-refractivity contribution in [2.24, 2.45) is 0 Å². The number of ether oxygens (including phenoxy) is 2. The van der Waals surface area contributed by atoms with Crippen LogP contribution in [0.15, 0.2) is 12.1 Å². The van der Waals surface area contributed by atoms with Crippen LogP contribution < -0.4 is 0 Å². The third-order valence-electron chi connectivity index (χ3n) is 4.19. The molecule has 0 spiro atoms. The Morgan fingerprint density at radius 2 is 1.83 bits per heavy atom. The second-order valence-electron chi connectivity index (χ2n) is 6.23. The van der Waals surface area contributed by atoms with Crippen molar-refractivity contribution in [3.8, 4) is 0 Å². The average Bonchev–Trinajstić information content (AvgIpc) is 2.79. The van der Waals surface area contributed by atoms with Gasteiger partial charge in [-0.05, 0) is 38.9 Å². The molecule has 0 bridgehead atoms. The Labute approximate surface area is 144 Å². The zero-order valence-corrected chi connectivity index (χ0v) is 15.1. The van der Waals surface area contributed by atoms with Gasteiger partial charge in [0.15, 0.2) is 0 Å². The average molecular weight is 335 g/mol. The van der Waals surface area contributed by atoms with E-state index in [2.05, 4.69) is 9.88 Å². The number of carbonyl (C=O) groups is 1. The van der Waals surface area contributed by atoms with Crippen molar-refractivity contribution < 1.29 is 14.3 Å². The number of hydrogen-bond acceptors (Lipinski definition) is 5. The van der Waals surface area contributed by atoms with E-state index in [-0.39, 0.29) is 5.91 Å². The summed E-state index contributed by atoms with van der Waals surface area (Å²) in [6, 6.07) is 3.75. The highest BCUT2D eigenvalue weighted by Gasteiger charge is 2.20. The van der Waals surface area contributed by atoms with Crippen molar-refractivity contribution >= 4 is 5.91 Å². The number of pyridine rings is 1. The van der Waals surface area contributed by atoms with Gasteiger partial charge in [0.05, 0.1) is 19.8 Å².